The molecule has 0 aromatic heterocycles. The number of aliphatic hydroxyl groups is 1. The van der Waals surface area contributed by atoms with Crippen molar-refractivity contribution in [2.24, 2.45) is 22.2 Å². The Labute approximate surface area is 201 Å². The fraction of sp³-hybridized carbons (Fsp3) is 0.476. The number of amides is 3. The lowest BCUT2D eigenvalue weighted by atomic mass is 10.0. The number of nitrogens with one attached hydrogen (secondary N) is 3. The van der Waals surface area contributed by atoms with Crippen LogP contribution >= 0.6 is 0 Å². The van der Waals surface area contributed by atoms with E-state index in [0.717, 1.165) is 0 Å². The van der Waals surface area contributed by atoms with Crippen LogP contribution in [0.15, 0.2) is 29.3 Å². The van der Waals surface area contributed by atoms with E-state index in [-0.39, 0.29) is 37.5 Å². The zero-order valence-corrected chi connectivity index (χ0v) is 19.3. The molecule has 0 saturated heterocycles. The highest BCUT2D eigenvalue weighted by molar-refractivity contribution is 5.94. The average Bonchev–Trinajstić information content (AvgIpc) is 2.78. The van der Waals surface area contributed by atoms with E-state index in [9.17, 15) is 29.4 Å². The summed E-state index contributed by atoms with van der Waals surface area (Å²) in [6.45, 7) is 0.703. The number of carboxylic acid groups (broad SMARTS) is 1. The molecule has 4 atom stereocenters. The normalized spacial score (nSPS) is 14.0. The zero-order chi connectivity index (χ0) is 26.5. The van der Waals surface area contributed by atoms with E-state index in [4.69, 9.17) is 22.3 Å². The number of benzene rings is 1. The summed E-state index contributed by atoms with van der Waals surface area (Å²) in [7, 11) is 0. The van der Waals surface area contributed by atoms with Gasteiger partial charge < -0.3 is 48.5 Å². The van der Waals surface area contributed by atoms with Gasteiger partial charge in [0.1, 0.15) is 24.4 Å². The van der Waals surface area contributed by atoms with Gasteiger partial charge >= 0.3 is 5.97 Å². The summed E-state index contributed by atoms with van der Waals surface area (Å²) in [5, 5.41) is 34.9. The molecule has 194 valence electrons. The number of phenols is 1. The highest BCUT2D eigenvalue weighted by atomic mass is 16.4. The molecule has 0 aliphatic heterocycles. The molecule has 3 amide bonds. The van der Waals surface area contributed by atoms with Crippen LogP contribution in [0.5, 0.6) is 5.75 Å². The summed E-state index contributed by atoms with van der Waals surface area (Å²) < 4.78 is 0. The summed E-state index contributed by atoms with van der Waals surface area (Å²) in [6.07, 6.45) is -0.873. The van der Waals surface area contributed by atoms with Crippen LogP contribution in [0.1, 0.15) is 25.3 Å². The minimum Gasteiger partial charge on any atom is -0.508 e. The number of carbonyl (C=O) groups is 4. The van der Waals surface area contributed by atoms with Crippen LogP contribution in [0.3, 0.4) is 0 Å². The molecule has 14 nitrogen and oxygen atoms in total. The van der Waals surface area contributed by atoms with Gasteiger partial charge in [-0.1, -0.05) is 12.1 Å². The smallest absolute Gasteiger partial charge is 0.322 e. The second-order valence-electron chi connectivity index (χ2n) is 7.83. The van der Waals surface area contributed by atoms with Crippen LogP contribution in [0.2, 0.25) is 0 Å². The number of rotatable bonds is 14. The van der Waals surface area contributed by atoms with Crippen molar-refractivity contribution in [1.82, 2.24) is 16.0 Å². The van der Waals surface area contributed by atoms with Crippen molar-refractivity contribution in [1.29, 1.82) is 0 Å². The Hall–Kier alpha value is -3.91. The number of guanidine groups is 1. The van der Waals surface area contributed by atoms with Crippen molar-refractivity contribution < 1.29 is 34.5 Å². The van der Waals surface area contributed by atoms with E-state index >= 15 is 0 Å². The lowest BCUT2D eigenvalue weighted by Crippen LogP contribution is -2.58. The van der Waals surface area contributed by atoms with Gasteiger partial charge in [0.15, 0.2) is 5.96 Å². The van der Waals surface area contributed by atoms with E-state index in [0.29, 0.717) is 5.56 Å². The summed E-state index contributed by atoms with van der Waals surface area (Å²) in [5.41, 5.74) is 17.2. The molecule has 12 N–H and O–H groups in total. The highest BCUT2D eigenvalue weighted by Gasteiger charge is 2.30. The first-order valence-electron chi connectivity index (χ1n) is 10.8. The SMILES string of the molecule is CC(O)C(NC(=O)C(CCCN=C(N)N)NC(=O)C(N)Cc1ccc(O)cc1)C(=O)NCC(=O)O. The number of aliphatic hydroxyl groups excluding tert-OH is 1. The Kier molecular flexibility index (Phi) is 12.0. The number of carboxylic acids is 1. The third-order valence-electron chi connectivity index (χ3n) is 4.78. The molecule has 0 aliphatic rings. The Balaban J connectivity index is 2.91. The van der Waals surface area contributed by atoms with Gasteiger partial charge in [-0.05, 0) is 43.9 Å². The molecule has 1 aromatic carbocycles. The Morgan fingerprint density at radius 3 is 2.20 bits per heavy atom. The maximum absolute atomic E-state index is 12.9. The van der Waals surface area contributed by atoms with Gasteiger partial charge in [0.05, 0.1) is 12.1 Å². The predicted molar refractivity (Wildman–Crippen MR) is 126 cm³/mol. The topological polar surface area (TPSA) is 255 Å². The number of aliphatic carboxylic acids is 1. The van der Waals surface area contributed by atoms with Crippen molar-refractivity contribution >= 4 is 29.7 Å². The number of aromatic hydroxyl groups is 1. The van der Waals surface area contributed by atoms with Crippen molar-refractivity contribution in [3.05, 3.63) is 29.8 Å². The number of nitrogens with two attached hydrogens (primary N) is 3. The van der Waals surface area contributed by atoms with E-state index < -0.39 is 54.5 Å². The Morgan fingerprint density at radius 2 is 1.66 bits per heavy atom. The number of hydrogen-bond donors (Lipinski definition) is 9. The van der Waals surface area contributed by atoms with Gasteiger partial charge in [-0.3, -0.25) is 24.2 Å². The minimum atomic E-state index is -1.47. The van der Waals surface area contributed by atoms with Crippen LogP contribution in [0.25, 0.3) is 0 Å². The van der Waals surface area contributed by atoms with E-state index in [1.54, 1.807) is 12.1 Å². The van der Waals surface area contributed by atoms with Crippen LogP contribution in [0, 0.1) is 0 Å². The van der Waals surface area contributed by atoms with Crippen LogP contribution in [-0.2, 0) is 25.6 Å². The van der Waals surface area contributed by atoms with Crippen LogP contribution in [0.4, 0.5) is 0 Å². The number of phenolic OH excluding ortho intramolecular Hbond substituents is 1. The molecular weight excluding hydrogens is 462 g/mol. The molecule has 0 radical (unpaired) electrons. The van der Waals surface area contributed by atoms with Gasteiger partial charge in [-0.2, -0.15) is 0 Å². The van der Waals surface area contributed by atoms with Gasteiger partial charge in [-0.25, -0.2) is 0 Å². The Bertz CT molecular complexity index is 902. The number of nitrogens with zero attached hydrogens (tertiary/aromatic N) is 1. The van der Waals surface area contributed by atoms with Gasteiger partial charge in [0.2, 0.25) is 17.7 Å². The fourth-order valence-corrected chi connectivity index (χ4v) is 2.96. The number of carbonyl (C=O) groups excluding carboxylic acids is 3. The molecule has 0 saturated carbocycles. The molecule has 0 aliphatic carbocycles. The second-order valence-corrected chi connectivity index (χ2v) is 7.83. The van der Waals surface area contributed by atoms with Crippen molar-refractivity contribution in [2.45, 2.75) is 50.4 Å². The number of aliphatic imine (C=N–C) groups is 1. The van der Waals surface area contributed by atoms with Gasteiger partial charge in [0.25, 0.3) is 0 Å². The van der Waals surface area contributed by atoms with Gasteiger partial charge in [0, 0.05) is 6.54 Å². The van der Waals surface area contributed by atoms with Crippen molar-refractivity contribution in [2.75, 3.05) is 13.1 Å². The molecule has 4 unspecified atom stereocenters. The molecule has 1 aromatic rings. The summed E-state index contributed by atoms with van der Waals surface area (Å²) in [5.74, 6) is -3.74. The lowest BCUT2D eigenvalue weighted by molar-refractivity contribution is -0.139. The average molecular weight is 496 g/mol. The maximum Gasteiger partial charge on any atom is 0.322 e. The highest BCUT2D eigenvalue weighted by Crippen LogP contribution is 2.11. The van der Waals surface area contributed by atoms with Crippen LogP contribution < -0.4 is 33.2 Å². The van der Waals surface area contributed by atoms with Crippen LogP contribution in [-0.4, -0.2) is 82.3 Å². The first-order valence-corrected chi connectivity index (χ1v) is 10.8. The summed E-state index contributed by atoms with van der Waals surface area (Å²) >= 11 is 0. The maximum atomic E-state index is 12.9. The van der Waals surface area contributed by atoms with Crippen molar-refractivity contribution in [3.8, 4) is 5.75 Å². The van der Waals surface area contributed by atoms with Crippen molar-refractivity contribution in [3.63, 3.8) is 0 Å². The largest absolute Gasteiger partial charge is 0.508 e. The van der Waals surface area contributed by atoms with Gasteiger partial charge in [-0.15, -0.1) is 0 Å². The molecule has 0 bridgehead atoms. The molecule has 0 heterocycles. The molecular formula is C21H33N7O7. The van der Waals surface area contributed by atoms with E-state index in [2.05, 4.69) is 20.9 Å². The first kappa shape index (κ1) is 29.1. The summed E-state index contributed by atoms with van der Waals surface area (Å²) in [6, 6.07) is 2.45. The molecule has 35 heavy (non-hydrogen) atoms. The van der Waals surface area contributed by atoms with E-state index in [1.165, 1.54) is 19.1 Å². The molecule has 14 heteroatoms. The molecule has 1 rings (SSSR count). The second kappa shape index (κ2) is 14.4. The number of hydrogen-bond acceptors (Lipinski definition) is 8. The first-order chi connectivity index (χ1) is 16.4. The third-order valence-corrected chi connectivity index (χ3v) is 4.78. The molecule has 0 spiro atoms. The quantitative estimate of drug-likeness (QED) is 0.0712. The standard InChI is InChI=1S/C21H33N7O7/c1-11(29)17(20(35)26-10-16(31)32)28-19(34)15(3-2-8-25-21(23)24)27-18(33)14(22)9-12-4-6-13(30)7-5-12/h4-7,11,14-15,17,29-30H,2-3,8-10,22H2,1H3,(H,26,35)(H,27,33)(H,28,34)(H,31,32)(H4,23,24,25). The zero-order valence-electron chi connectivity index (χ0n) is 19.3. The monoisotopic (exact) mass is 495 g/mol. The van der Waals surface area contributed by atoms with E-state index in [1.807, 2.05) is 0 Å². The fourth-order valence-electron chi connectivity index (χ4n) is 2.96. The summed E-state index contributed by atoms with van der Waals surface area (Å²) in [4.78, 5) is 52.3. The molecule has 0 fully saturated rings. The lowest BCUT2D eigenvalue weighted by Gasteiger charge is -2.25. The third kappa shape index (κ3) is 11.2. The Morgan fingerprint density at radius 1 is 1.03 bits per heavy atom. The minimum absolute atomic E-state index is 0.0596. The predicted octanol–water partition coefficient (Wildman–Crippen LogP) is -3.13.